The molecule has 3 rings (SSSR count). The molecule has 2 atom stereocenters. The van der Waals surface area contributed by atoms with E-state index in [2.05, 4.69) is 34.3 Å². The molecule has 5 nitrogen and oxygen atoms in total. The smallest absolute Gasteiger partial charge is 0.239 e. The maximum atomic E-state index is 5.91. The van der Waals surface area contributed by atoms with Gasteiger partial charge < -0.3 is 9.84 Å². The van der Waals surface area contributed by atoms with Crippen molar-refractivity contribution in [3.63, 3.8) is 0 Å². The molecule has 1 aromatic carbocycles. The van der Waals surface area contributed by atoms with Gasteiger partial charge in [0.25, 0.3) is 0 Å². The van der Waals surface area contributed by atoms with Crippen molar-refractivity contribution in [2.24, 2.45) is 0 Å². The summed E-state index contributed by atoms with van der Waals surface area (Å²) in [5, 5.41) is 8.37. The second kappa shape index (κ2) is 7.00. The first-order valence-electron chi connectivity index (χ1n) is 7.30. The Labute approximate surface area is 139 Å². The van der Waals surface area contributed by atoms with Crippen LogP contribution in [0.2, 0.25) is 5.02 Å². The van der Waals surface area contributed by atoms with Crippen molar-refractivity contribution >= 4 is 23.4 Å². The van der Waals surface area contributed by atoms with Crippen molar-refractivity contribution < 1.29 is 4.52 Å². The average molecular weight is 339 g/mol. The highest BCUT2D eigenvalue weighted by atomic mass is 35.5. The minimum Gasteiger partial charge on any atom is -0.338 e. The molecule has 2 heterocycles. The second-order valence-electron chi connectivity index (χ2n) is 5.41. The van der Waals surface area contributed by atoms with Crippen LogP contribution in [0.25, 0.3) is 0 Å². The molecule has 2 aromatic rings. The van der Waals surface area contributed by atoms with E-state index in [1.165, 1.54) is 0 Å². The lowest BCUT2D eigenvalue weighted by Crippen LogP contribution is -2.44. The van der Waals surface area contributed by atoms with Crippen molar-refractivity contribution in [1.29, 1.82) is 0 Å². The van der Waals surface area contributed by atoms with Gasteiger partial charge in [-0.1, -0.05) is 16.8 Å². The minimum absolute atomic E-state index is 0.101. The molecule has 7 heteroatoms. The molecule has 1 aromatic heterocycles. The Morgan fingerprint density at radius 3 is 2.91 bits per heavy atom. The van der Waals surface area contributed by atoms with Gasteiger partial charge in [0.1, 0.15) is 0 Å². The van der Waals surface area contributed by atoms with Gasteiger partial charge in [0.15, 0.2) is 5.82 Å². The third kappa shape index (κ3) is 3.63. The molecule has 1 aliphatic rings. The second-order valence-corrected chi connectivity index (χ2v) is 7.26. The summed E-state index contributed by atoms with van der Waals surface area (Å²) in [4.78, 5) is 7.98. The highest BCUT2D eigenvalue weighted by Gasteiger charge is 2.26. The standard InChI is InChI=1S/C15H19ClN4OS/c1-10(22-12-5-3-11(16)4-6-12)15-18-14(19-21-15)13-9-17-7-8-20(13)2/h3-6,10,13,17H,7-9H2,1-2H3. The number of halogens is 1. The van der Waals surface area contributed by atoms with Gasteiger partial charge in [-0.2, -0.15) is 4.98 Å². The Morgan fingerprint density at radius 1 is 1.41 bits per heavy atom. The van der Waals surface area contributed by atoms with Crippen molar-refractivity contribution in [3.8, 4) is 0 Å². The molecule has 0 spiro atoms. The van der Waals surface area contributed by atoms with Crippen LogP contribution in [0.15, 0.2) is 33.7 Å². The van der Waals surface area contributed by atoms with E-state index in [4.69, 9.17) is 16.1 Å². The van der Waals surface area contributed by atoms with Gasteiger partial charge >= 0.3 is 0 Å². The lowest BCUT2D eigenvalue weighted by atomic mass is 10.2. The molecule has 118 valence electrons. The maximum Gasteiger partial charge on any atom is 0.239 e. The van der Waals surface area contributed by atoms with E-state index >= 15 is 0 Å². The molecule has 0 aliphatic carbocycles. The monoisotopic (exact) mass is 338 g/mol. The zero-order valence-electron chi connectivity index (χ0n) is 12.6. The zero-order chi connectivity index (χ0) is 15.5. The van der Waals surface area contributed by atoms with E-state index in [1.807, 2.05) is 24.3 Å². The zero-order valence-corrected chi connectivity index (χ0v) is 14.2. The molecule has 0 bridgehead atoms. The van der Waals surface area contributed by atoms with Crippen LogP contribution in [-0.4, -0.2) is 41.7 Å². The normalized spacial score (nSPS) is 21.0. The highest BCUT2D eigenvalue weighted by Crippen LogP contribution is 2.34. The molecular weight excluding hydrogens is 320 g/mol. The number of hydrogen-bond acceptors (Lipinski definition) is 6. The number of nitrogens with one attached hydrogen (secondary N) is 1. The van der Waals surface area contributed by atoms with Crippen molar-refractivity contribution in [1.82, 2.24) is 20.4 Å². The molecule has 0 amide bonds. The van der Waals surface area contributed by atoms with Crippen molar-refractivity contribution in [2.45, 2.75) is 23.1 Å². The number of likely N-dealkylation sites (N-methyl/N-ethyl adjacent to an activating group) is 1. The van der Waals surface area contributed by atoms with Crippen LogP contribution < -0.4 is 5.32 Å². The lowest BCUT2D eigenvalue weighted by Gasteiger charge is -2.30. The number of thioether (sulfide) groups is 1. The topological polar surface area (TPSA) is 54.2 Å². The fourth-order valence-corrected chi connectivity index (χ4v) is 3.43. The summed E-state index contributed by atoms with van der Waals surface area (Å²) in [7, 11) is 2.09. The van der Waals surface area contributed by atoms with Gasteiger partial charge in [-0.3, -0.25) is 4.90 Å². The third-order valence-corrected chi connectivity index (χ3v) is 5.09. The molecule has 1 N–H and O–H groups in total. The Bertz CT molecular complexity index is 618. The summed E-state index contributed by atoms with van der Waals surface area (Å²) >= 11 is 7.59. The summed E-state index contributed by atoms with van der Waals surface area (Å²) in [6.07, 6.45) is 0. The fourth-order valence-electron chi connectivity index (χ4n) is 2.41. The Morgan fingerprint density at radius 2 is 2.18 bits per heavy atom. The average Bonchev–Trinajstić information content (AvgIpc) is 3.00. The maximum absolute atomic E-state index is 5.91. The van der Waals surface area contributed by atoms with Gasteiger partial charge in [-0.25, -0.2) is 0 Å². The first-order valence-corrected chi connectivity index (χ1v) is 8.56. The van der Waals surface area contributed by atoms with E-state index in [-0.39, 0.29) is 11.3 Å². The Kier molecular flexibility index (Phi) is 5.03. The summed E-state index contributed by atoms with van der Waals surface area (Å²) in [5.41, 5.74) is 0. The van der Waals surface area contributed by atoms with Gasteiger partial charge in [0.05, 0.1) is 11.3 Å². The predicted molar refractivity (Wildman–Crippen MR) is 88.3 cm³/mol. The van der Waals surface area contributed by atoms with Crippen LogP contribution in [-0.2, 0) is 0 Å². The van der Waals surface area contributed by atoms with Gasteiger partial charge in [0, 0.05) is 29.6 Å². The van der Waals surface area contributed by atoms with Crippen LogP contribution in [0, 0.1) is 0 Å². The van der Waals surface area contributed by atoms with Crippen molar-refractivity contribution in [2.75, 3.05) is 26.7 Å². The van der Waals surface area contributed by atoms with Crippen LogP contribution in [0.3, 0.4) is 0 Å². The molecule has 1 saturated heterocycles. The highest BCUT2D eigenvalue weighted by molar-refractivity contribution is 7.99. The lowest BCUT2D eigenvalue weighted by molar-refractivity contribution is 0.190. The SMILES string of the molecule is CC(Sc1ccc(Cl)cc1)c1nc(C2CNCCN2C)no1. The largest absolute Gasteiger partial charge is 0.338 e. The molecule has 2 unspecified atom stereocenters. The molecule has 1 aliphatic heterocycles. The summed E-state index contributed by atoms with van der Waals surface area (Å²) in [5.74, 6) is 1.42. The first kappa shape index (κ1) is 15.8. The molecule has 1 fully saturated rings. The van der Waals surface area contributed by atoms with Gasteiger partial charge in [0.2, 0.25) is 5.89 Å². The first-order chi connectivity index (χ1) is 10.6. The van der Waals surface area contributed by atoms with Gasteiger partial charge in [-0.15, -0.1) is 11.8 Å². The number of rotatable bonds is 4. The van der Waals surface area contributed by atoms with Crippen LogP contribution in [0.4, 0.5) is 0 Å². The van der Waals surface area contributed by atoms with E-state index in [9.17, 15) is 0 Å². The third-order valence-electron chi connectivity index (χ3n) is 3.74. The van der Waals surface area contributed by atoms with Gasteiger partial charge in [-0.05, 0) is 38.2 Å². The minimum atomic E-state index is 0.101. The fraction of sp³-hybridized carbons (Fsp3) is 0.467. The quantitative estimate of drug-likeness (QED) is 0.864. The van der Waals surface area contributed by atoms with E-state index in [0.29, 0.717) is 5.89 Å². The van der Waals surface area contributed by atoms with Crippen molar-refractivity contribution in [3.05, 3.63) is 41.0 Å². The van der Waals surface area contributed by atoms with Crippen LogP contribution in [0.1, 0.15) is 29.9 Å². The molecule has 0 radical (unpaired) electrons. The molecule has 0 saturated carbocycles. The predicted octanol–water partition coefficient (Wildman–Crippen LogP) is 3.15. The summed E-state index contributed by atoms with van der Waals surface area (Å²) in [6, 6.07) is 7.95. The number of nitrogens with zero attached hydrogens (tertiary/aromatic N) is 3. The Balaban J connectivity index is 1.68. The summed E-state index contributed by atoms with van der Waals surface area (Å²) < 4.78 is 5.46. The summed E-state index contributed by atoms with van der Waals surface area (Å²) in [6.45, 7) is 4.91. The van der Waals surface area contributed by atoms with E-state index < -0.39 is 0 Å². The van der Waals surface area contributed by atoms with Crippen LogP contribution in [0.5, 0.6) is 0 Å². The number of hydrogen-bond donors (Lipinski definition) is 1. The number of piperazine rings is 1. The Hall–Kier alpha value is -1.08. The number of benzene rings is 1. The molecule has 22 heavy (non-hydrogen) atoms. The number of aromatic nitrogens is 2. The van der Waals surface area contributed by atoms with E-state index in [1.54, 1.807) is 11.8 Å². The van der Waals surface area contributed by atoms with E-state index in [0.717, 1.165) is 35.4 Å². The van der Waals surface area contributed by atoms with Crippen LogP contribution >= 0.6 is 23.4 Å². The molecular formula is C15H19ClN4OS.